The average Bonchev–Trinajstić information content (AvgIpc) is 2.81. The summed E-state index contributed by atoms with van der Waals surface area (Å²) in [4.78, 5) is 12.3. The van der Waals surface area contributed by atoms with E-state index >= 15 is 0 Å². The molecule has 0 radical (unpaired) electrons. The number of carbonyl (C=O) groups excluding carboxylic acids is 1. The highest BCUT2D eigenvalue weighted by Gasteiger charge is 2.25. The first-order chi connectivity index (χ1) is 9.63. The third-order valence-electron chi connectivity index (χ3n) is 3.37. The van der Waals surface area contributed by atoms with Gasteiger partial charge in [0.25, 0.3) is 5.91 Å². The first-order valence-corrected chi connectivity index (χ1v) is 6.53. The number of carbonyl (C=O) groups is 1. The largest absolute Gasteiger partial charge is 0.491 e. The lowest BCUT2D eigenvalue weighted by Crippen LogP contribution is -2.29. The molecule has 1 amide bonds. The second kappa shape index (κ2) is 4.89. The van der Waals surface area contributed by atoms with E-state index in [9.17, 15) is 4.79 Å². The van der Waals surface area contributed by atoms with Gasteiger partial charge in [-0.05, 0) is 36.8 Å². The lowest BCUT2D eigenvalue weighted by molar-refractivity contribution is 0.0930. The molecule has 4 heteroatoms. The molecule has 1 aliphatic heterocycles. The minimum Gasteiger partial charge on any atom is -0.491 e. The quantitative estimate of drug-likeness (QED) is 0.822. The van der Waals surface area contributed by atoms with Gasteiger partial charge in [0.15, 0.2) is 0 Å². The van der Waals surface area contributed by atoms with E-state index in [4.69, 9.17) is 10.5 Å². The number of aryl methyl sites for hydroxylation is 1. The van der Waals surface area contributed by atoms with Gasteiger partial charge in [-0.25, -0.2) is 0 Å². The Hall–Kier alpha value is -2.49. The summed E-state index contributed by atoms with van der Waals surface area (Å²) in [7, 11) is 0. The summed E-state index contributed by atoms with van der Waals surface area (Å²) >= 11 is 0. The molecular formula is C16H16N2O2. The zero-order valence-electron chi connectivity index (χ0n) is 11.2. The Morgan fingerprint density at radius 3 is 2.90 bits per heavy atom. The summed E-state index contributed by atoms with van der Waals surface area (Å²) < 4.78 is 5.56. The maximum Gasteiger partial charge on any atom is 0.251 e. The second-order valence-corrected chi connectivity index (χ2v) is 5.01. The summed E-state index contributed by atoms with van der Waals surface area (Å²) in [5, 5.41) is 2.99. The summed E-state index contributed by atoms with van der Waals surface area (Å²) in [6, 6.07) is 13.0. The van der Waals surface area contributed by atoms with E-state index in [0.717, 1.165) is 16.9 Å². The maximum atomic E-state index is 12.3. The van der Waals surface area contributed by atoms with Gasteiger partial charge in [-0.2, -0.15) is 0 Å². The van der Waals surface area contributed by atoms with Crippen LogP contribution >= 0.6 is 0 Å². The normalized spacial score (nSPS) is 16.4. The molecule has 0 fully saturated rings. The topological polar surface area (TPSA) is 64.4 Å². The second-order valence-electron chi connectivity index (χ2n) is 5.01. The molecule has 0 saturated heterocycles. The van der Waals surface area contributed by atoms with Crippen molar-refractivity contribution >= 4 is 11.6 Å². The van der Waals surface area contributed by atoms with E-state index in [-0.39, 0.29) is 11.9 Å². The first-order valence-electron chi connectivity index (χ1n) is 6.53. The fraction of sp³-hybridized carbons (Fsp3) is 0.188. The van der Waals surface area contributed by atoms with Crippen LogP contribution in [0, 0.1) is 6.92 Å². The standard InChI is InChI=1S/C16H16N2O2/c1-10-6-11(8-12(17)7-10)16(19)18-14-9-20-15-5-3-2-4-13(14)15/h2-8,14H,9,17H2,1H3,(H,18,19). The zero-order chi connectivity index (χ0) is 14.1. The Balaban J connectivity index is 1.80. The molecule has 3 rings (SSSR count). The van der Waals surface area contributed by atoms with Crippen LogP contribution in [0.4, 0.5) is 5.69 Å². The van der Waals surface area contributed by atoms with Crippen LogP contribution in [-0.4, -0.2) is 12.5 Å². The number of para-hydroxylation sites is 1. The average molecular weight is 268 g/mol. The van der Waals surface area contributed by atoms with Crippen molar-refractivity contribution < 1.29 is 9.53 Å². The van der Waals surface area contributed by atoms with Gasteiger partial charge in [0.1, 0.15) is 12.4 Å². The molecule has 1 unspecified atom stereocenters. The molecule has 20 heavy (non-hydrogen) atoms. The van der Waals surface area contributed by atoms with Gasteiger partial charge in [-0.3, -0.25) is 4.79 Å². The molecule has 2 aromatic rings. The third kappa shape index (κ3) is 2.32. The molecule has 1 heterocycles. The number of hydrogen-bond acceptors (Lipinski definition) is 3. The zero-order valence-corrected chi connectivity index (χ0v) is 11.2. The molecule has 3 N–H and O–H groups in total. The number of benzene rings is 2. The predicted octanol–water partition coefficient (Wildman–Crippen LogP) is 2.44. The van der Waals surface area contributed by atoms with E-state index in [1.807, 2.05) is 43.3 Å². The van der Waals surface area contributed by atoms with Gasteiger partial charge in [-0.1, -0.05) is 18.2 Å². The highest BCUT2D eigenvalue weighted by atomic mass is 16.5. The molecule has 1 atom stereocenters. The Morgan fingerprint density at radius 2 is 2.10 bits per heavy atom. The molecule has 0 saturated carbocycles. The lowest BCUT2D eigenvalue weighted by Gasteiger charge is -2.12. The third-order valence-corrected chi connectivity index (χ3v) is 3.37. The van der Waals surface area contributed by atoms with Gasteiger partial charge in [0.05, 0.1) is 6.04 Å². The molecule has 1 aliphatic rings. The molecule has 0 aromatic heterocycles. The summed E-state index contributed by atoms with van der Waals surface area (Å²) in [6.07, 6.45) is 0. The van der Waals surface area contributed by atoms with Gasteiger partial charge in [0, 0.05) is 16.8 Å². The molecule has 102 valence electrons. The predicted molar refractivity (Wildman–Crippen MR) is 77.7 cm³/mol. The van der Waals surface area contributed by atoms with E-state index in [1.165, 1.54) is 0 Å². The van der Waals surface area contributed by atoms with Gasteiger partial charge < -0.3 is 15.8 Å². The number of nitrogens with one attached hydrogen (secondary N) is 1. The van der Waals surface area contributed by atoms with Crippen LogP contribution in [0.3, 0.4) is 0 Å². The van der Waals surface area contributed by atoms with E-state index in [1.54, 1.807) is 6.07 Å². The van der Waals surface area contributed by atoms with E-state index in [2.05, 4.69) is 5.32 Å². The molecule has 4 nitrogen and oxygen atoms in total. The van der Waals surface area contributed by atoms with Crippen molar-refractivity contribution in [3.8, 4) is 5.75 Å². The van der Waals surface area contributed by atoms with Crippen molar-refractivity contribution in [2.75, 3.05) is 12.3 Å². The summed E-state index contributed by atoms with van der Waals surface area (Å²) in [5.74, 6) is 0.701. The summed E-state index contributed by atoms with van der Waals surface area (Å²) in [5.41, 5.74) is 8.93. The van der Waals surface area contributed by atoms with Gasteiger partial charge in [0.2, 0.25) is 0 Å². The molecule has 2 aromatic carbocycles. The van der Waals surface area contributed by atoms with Crippen molar-refractivity contribution in [2.24, 2.45) is 0 Å². The fourth-order valence-corrected chi connectivity index (χ4v) is 2.47. The van der Waals surface area contributed by atoms with Crippen LogP contribution in [0.5, 0.6) is 5.75 Å². The van der Waals surface area contributed by atoms with Crippen LogP contribution in [0.1, 0.15) is 27.5 Å². The number of nitrogen functional groups attached to an aromatic ring is 1. The number of anilines is 1. The van der Waals surface area contributed by atoms with Crippen molar-refractivity contribution in [1.29, 1.82) is 0 Å². The summed E-state index contributed by atoms with van der Waals surface area (Å²) in [6.45, 7) is 2.38. The fourth-order valence-electron chi connectivity index (χ4n) is 2.47. The van der Waals surface area contributed by atoms with Gasteiger partial charge >= 0.3 is 0 Å². The van der Waals surface area contributed by atoms with Crippen LogP contribution in [0.25, 0.3) is 0 Å². The van der Waals surface area contributed by atoms with E-state index in [0.29, 0.717) is 17.9 Å². The van der Waals surface area contributed by atoms with Crippen molar-refractivity contribution in [2.45, 2.75) is 13.0 Å². The SMILES string of the molecule is Cc1cc(N)cc(C(=O)NC2COc3ccccc32)c1. The minimum atomic E-state index is -0.134. The van der Waals surface area contributed by atoms with Crippen LogP contribution in [0.2, 0.25) is 0 Å². The Labute approximate surface area is 117 Å². The number of rotatable bonds is 2. The highest BCUT2D eigenvalue weighted by Crippen LogP contribution is 2.31. The van der Waals surface area contributed by atoms with Crippen LogP contribution < -0.4 is 15.8 Å². The van der Waals surface area contributed by atoms with Gasteiger partial charge in [-0.15, -0.1) is 0 Å². The molecular weight excluding hydrogens is 252 g/mol. The maximum absolute atomic E-state index is 12.3. The van der Waals surface area contributed by atoms with Crippen molar-refractivity contribution in [3.63, 3.8) is 0 Å². The van der Waals surface area contributed by atoms with E-state index < -0.39 is 0 Å². The number of amides is 1. The monoisotopic (exact) mass is 268 g/mol. The van der Waals surface area contributed by atoms with Crippen LogP contribution in [0.15, 0.2) is 42.5 Å². The van der Waals surface area contributed by atoms with Crippen LogP contribution in [-0.2, 0) is 0 Å². The van der Waals surface area contributed by atoms with Crippen molar-refractivity contribution in [1.82, 2.24) is 5.32 Å². The molecule has 0 bridgehead atoms. The lowest BCUT2D eigenvalue weighted by atomic mass is 10.1. The van der Waals surface area contributed by atoms with Crippen molar-refractivity contribution in [3.05, 3.63) is 59.2 Å². The number of nitrogens with two attached hydrogens (primary N) is 1. The molecule has 0 aliphatic carbocycles. The molecule has 0 spiro atoms. The Morgan fingerprint density at radius 1 is 1.30 bits per heavy atom. The smallest absolute Gasteiger partial charge is 0.251 e. The number of fused-ring (bicyclic) bond motifs is 1. The first kappa shape index (κ1) is 12.5. The minimum absolute atomic E-state index is 0.111. The Bertz CT molecular complexity index is 647. The highest BCUT2D eigenvalue weighted by molar-refractivity contribution is 5.95. The Kier molecular flexibility index (Phi) is 3.06. The number of hydrogen-bond donors (Lipinski definition) is 2. The number of ether oxygens (including phenoxy) is 1.